The van der Waals surface area contributed by atoms with Gasteiger partial charge in [-0.05, 0) is 48.8 Å². The molecule has 1 aromatic carbocycles. The molecule has 0 spiro atoms. The first kappa shape index (κ1) is 15.4. The Balaban J connectivity index is 1.60. The number of carbonyl (C=O) groups excluding carboxylic acids is 1. The highest BCUT2D eigenvalue weighted by atomic mass is 19.1. The molecule has 0 bridgehead atoms. The lowest BCUT2D eigenvalue weighted by molar-refractivity contribution is 0.0934. The van der Waals surface area contributed by atoms with Gasteiger partial charge in [0.25, 0.3) is 11.5 Å². The number of carbonyl (C=O) groups is 1. The molecule has 1 heterocycles. The van der Waals surface area contributed by atoms with Crippen molar-refractivity contribution >= 4 is 5.91 Å². The molecule has 2 aromatic rings. The van der Waals surface area contributed by atoms with E-state index in [-0.39, 0.29) is 23.1 Å². The monoisotopic (exact) mass is 315 g/mol. The summed E-state index contributed by atoms with van der Waals surface area (Å²) in [5.41, 5.74) is 0.707. The number of benzene rings is 1. The van der Waals surface area contributed by atoms with E-state index in [0.29, 0.717) is 18.4 Å². The van der Waals surface area contributed by atoms with Gasteiger partial charge in [0.1, 0.15) is 5.82 Å². The Kier molecular flexibility index (Phi) is 4.50. The van der Waals surface area contributed by atoms with Gasteiger partial charge >= 0.3 is 0 Å². The number of amides is 1. The molecular formula is C17H18FN3O2. The maximum absolute atomic E-state index is 13.0. The zero-order chi connectivity index (χ0) is 16.2. The summed E-state index contributed by atoms with van der Waals surface area (Å²) >= 11 is 0. The van der Waals surface area contributed by atoms with Crippen LogP contribution in [0, 0.1) is 17.7 Å². The Labute approximate surface area is 133 Å². The molecule has 1 amide bonds. The average molecular weight is 315 g/mol. The Morgan fingerprint density at radius 3 is 2.70 bits per heavy atom. The number of aromatic nitrogens is 2. The second-order valence-electron chi connectivity index (χ2n) is 5.92. The summed E-state index contributed by atoms with van der Waals surface area (Å²) in [4.78, 5) is 29.5. The molecule has 23 heavy (non-hydrogen) atoms. The predicted molar refractivity (Wildman–Crippen MR) is 83.5 cm³/mol. The highest BCUT2D eigenvalue weighted by molar-refractivity contribution is 5.90. The van der Waals surface area contributed by atoms with Crippen molar-refractivity contribution in [3.8, 4) is 0 Å². The smallest absolute Gasteiger partial charge is 0.287 e. The summed E-state index contributed by atoms with van der Waals surface area (Å²) < 4.78 is 13.0. The van der Waals surface area contributed by atoms with Gasteiger partial charge in [-0.1, -0.05) is 12.1 Å². The number of hydrogen-bond acceptors (Lipinski definition) is 3. The first-order valence-corrected chi connectivity index (χ1v) is 7.70. The molecule has 120 valence electrons. The fourth-order valence-electron chi connectivity index (χ4n) is 2.69. The van der Waals surface area contributed by atoms with Crippen LogP contribution in [-0.4, -0.2) is 22.4 Å². The first-order valence-electron chi connectivity index (χ1n) is 7.70. The van der Waals surface area contributed by atoms with Gasteiger partial charge in [0.15, 0.2) is 5.82 Å². The van der Waals surface area contributed by atoms with Crippen molar-refractivity contribution in [2.75, 3.05) is 6.54 Å². The van der Waals surface area contributed by atoms with Crippen LogP contribution >= 0.6 is 0 Å². The van der Waals surface area contributed by atoms with Crippen molar-refractivity contribution in [1.82, 2.24) is 15.3 Å². The molecule has 6 heteroatoms. The lowest BCUT2D eigenvalue weighted by Gasteiger charge is -2.17. The molecule has 2 N–H and O–H groups in total. The molecule has 0 unspecified atom stereocenters. The molecule has 1 fully saturated rings. The Hall–Kier alpha value is -2.50. The minimum atomic E-state index is -0.382. The number of aromatic amines is 1. The fraction of sp³-hybridized carbons (Fsp3) is 0.353. The van der Waals surface area contributed by atoms with Crippen LogP contribution in [0.5, 0.6) is 0 Å². The van der Waals surface area contributed by atoms with E-state index in [1.807, 2.05) is 0 Å². The van der Waals surface area contributed by atoms with Gasteiger partial charge in [0, 0.05) is 18.8 Å². The van der Waals surface area contributed by atoms with Crippen molar-refractivity contribution in [3.63, 3.8) is 0 Å². The van der Waals surface area contributed by atoms with Crippen LogP contribution in [0.4, 0.5) is 4.39 Å². The molecule has 0 radical (unpaired) electrons. The predicted octanol–water partition coefficient (Wildman–Crippen LogP) is 1.91. The Morgan fingerprint density at radius 2 is 2.04 bits per heavy atom. The minimum Gasteiger partial charge on any atom is -0.349 e. The van der Waals surface area contributed by atoms with Crippen molar-refractivity contribution < 1.29 is 9.18 Å². The number of nitrogens with one attached hydrogen (secondary N) is 2. The lowest BCUT2D eigenvalue weighted by atomic mass is 9.94. The van der Waals surface area contributed by atoms with Crippen LogP contribution in [0.3, 0.4) is 0 Å². The number of halogens is 1. The standard InChI is InChI=1S/C17H18FN3O2/c18-14-5-1-11(2-6-14)9-13(12-3-4-12)10-20-17(23)16-19-8-7-15(22)21-16/h1-2,5-8,12-13H,3-4,9-10H2,(H,20,23)(H,19,21,22)/t13-/m0/s1. The molecule has 5 nitrogen and oxygen atoms in total. The third-order valence-corrected chi connectivity index (χ3v) is 4.11. The van der Waals surface area contributed by atoms with Gasteiger partial charge in [-0.25, -0.2) is 9.37 Å². The van der Waals surface area contributed by atoms with Crippen LogP contribution in [0.2, 0.25) is 0 Å². The fourth-order valence-corrected chi connectivity index (χ4v) is 2.69. The molecular weight excluding hydrogens is 297 g/mol. The van der Waals surface area contributed by atoms with Crippen LogP contribution in [0.25, 0.3) is 0 Å². The van der Waals surface area contributed by atoms with E-state index in [1.54, 1.807) is 12.1 Å². The summed E-state index contributed by atoms with van der Waals surface area (Å²) in [5, 5.41) is 2.83. The van der Waals surface area contributed by atoms with Crippen molar-refractivity contribution in [2.24, 2.45) is 11.8 Å². The summed E-state index contributed by atoms with van der Waals surface area (Å²) in [6.07, 6.45) is 4.42. The molecule has 1 aliphatic carbocycles. The summed E-state index contributed by atoms with van der Waals surface area (Å²) in [5.74, 6) is 0.286. The maximum Gasteiger partial charge on any atom is 0.287 e. The molecule has 3 rings (SSSR count). The zero-order valence-electron chi connectivity index (χ0n) is 12.6. The molecule has 0 saturated heterocycles. The van der Waals surface area contributed by atoms with Gasteiger partial charge < -0.3 is 10.3 Å². The van der Waals surface area contributed by atoms with Crippen LogP contribution in [0.15, 0.2) is 41.3 Å². The van der Waals surface area contributed by atoms with Crippen LogP contribution in [0.1, 0.15) is 29.0 Å². The average Bonchev–Trinajstić information content (AvgIpc) is 3.38. The summed E-state index contributed by atoms with van der Waals surface area (Å²) in [6, 6.07) is 7.73. The van der Waals surface area contributed by atoms with Crippen LogP contribution < -0.4 is 10.9 Å². The van der Waals surface area contributed by atoms with E-state index >= 15 is 0 Å². The molecule has 0 aliphatic heterocycles. The lowest BCUT2D eigenvalue weighted by Crippen LogP contribution is -2.33. The van der Waals surface area contributed by atoms with Gasteiger partial charge in [0.2, 0.25) is 0 Å². The van der Waals surface area contributed by atoms with Crippen molar-refractivity contribution in [1.29, 1.82) is 0 Å². The minimum absolute atomic E-state index is 0.0221. The SMILES string of the molecule is O=C(NC[C@H](Cc1ccc(F)cc1)C1CC1)c1nccc(=O)[nH]1. The van der Waals surface area contributed by atoms with Crippen molar-refractivity contribution in [2.45, 2.75) is 19.3 Å². The normalized spacial score (nSPS) is 15.2. The van der Waals surface area contributed by atoms with Crippen LogP contribution in [-0.2, 0) is 6.42 Å². The Bertz CT molecular complexity index is 738. The molecule has 1 atom stereocenters. The van der Waals surface area contributed by atoms with E-state index in [2.05, 4.69) is 15.3 Å². The number of rotatable bonds is 6. The zero-order valence-corrected chi connectivity index (χ0v) is 12.6. The van der Waals surface area contributed by atoms with Gasteiger partial charge in [-0.3, -0.25) is 9.59 Å². The van der Waals surface area contributed by atoms with Gasteiger partial charge in [0.05, 0.1) is 0 Å². The van der Waals surface area contributed by atoms with Crippen molar-refractivity contribution in [3.05, 3.63) is 64.1 Å². The summed E-state index contributed by atoms with van der Waals surface area (Å²) in [7, 11) is 0. The first-order chi connectivity index (χ1) is 11.1. The van der Waals surface area contributed by atoms with E-state index in [9.17, 15) is 14.0 Å². The molecule has 1 aliphatic rings. The third kappa shape index (κ3) is 4.25. The highest BCUT2D eigenvalue weighted by Crippen LogP contribution is 2.38. The number of hydrogen-bond donors (Lipinski definition) is 2. The quantitative estimate of drug-likeness (QED) is 0.855. The number of nitrogens with zero attached hydrogens (tertiary/aromatic N) is 1. The maximum atomic E-state index is 13.0. The summed E-state index contributed by atoms with van der Waals surface area (Å²) in [6.45, 7) is 0.513. The largest absolute Gasteiger partial charge is 0.349 e. The second kappa shape index (κ2) is 6.73. The van der Waals surface area contributed by atoms with E-state index in [1.165, 1.54) is 24.4 Å². The molecule has 1 aromatic heterocycles. The second-order valence-corrected chi connectivity index (χ2v) is 5.92. The highest BCUT2D eigenvalue weighted by Gasteiger charge is 2.31. The number of H-pyrrole nitrogens is 1. The van der Waals surface area contributed by atoms with E-state index < -0.39 is 0 Å². The van der Waals surface area contributed by atoms with E-state index in [4.69, 9.17) is 0 Å². The molecule has 1 saturated carbocycles. The van der Waals surface area contributed by atoms with Gasteiger partial charge in [-0.2, -0.15) is 0 Å². The third-order valence-electron chi connectivity index (χ3n) is 4.11. The van der Waals surface area contributed by atoms with Gasteiger partial charge in [-0.15, -0.1) is 0 Å². The topological polar surface area (TPSA) is 74.8 Å². The van der Waals surface area contributed by atoms with E-state index in [0.717, 1.165) is 24.8 Å². The Morgan fingerprint density at radius 1 is 1.30 bits per heavy atom.